The summed E-state index contributed by atoms with van der Waals surface area (Å²) in [7, 11) is 0. The number of carbonyl (C=O) groups is 2. The second-order valence-corrected chi connectivity index (χ2v) is 5.17. The standard InChI is InChI=1S/C6H15N.C5H10O2.C4H8O2.CH2Cl2/c1-4-7(5-2)6-3;1-2-3-4-5(6)7;1-2-3-4(5)6;2-1-3/h4-6H2,1-3H3;2-4H2,1H3,(H,6,7);2-3H2,1H3,(H,5,6);1H2. The van der Waals surface area contributed by atoms with Crippen LogP contribution in [0.4, 0.5) is 0 Å². The van der Waals surface area contributed by atoms with E-state index in [9.17, 15) is 9.59 Å². The van der Waals surface area contributed by atoms with Crippen molar-refractivity contribution in [3.05, 3.63) is 0 Å². The molecule has 0 unspecified atom stereocenters. The molecule has 0 aliphatic rings. The van der Waals surface area contributed by atoms with Crippen LogP contribution in [0.3, 0.4) is 0 Å². The lowest BCUT2D eigenvalue weighted by Crippen LogP contribution is -2.21. The van der Waals surface area contributed by atoms with Crippen LogP contribution in [0, 0.1) is 0 Å². The molecule has 0 aromatic carbocycles. The molecule has 7 heteroatoms. The predicted octanol–water partition coefficient (Wildman–Crippen LogP) is 4.90. The second kappa shape index (κ2) is 29.5. The summed E-state index contributed by atoms with van der Waals surface area (Å²) in [5, 5.41) is 16.2. The summed E-state index contributed by atoms with van der Waals surface area (Å²) in [5.41, 5.74) is 0. The van der Waals surface area contributed by atoms with Gasteiger partial charge in [0.15, 0.2) is 0 Å². The van der Waals surface area contributed by atoms with Gasteiger partial charge in [0.25, 0.3) is 0 Å². The molecule has 5 nitrogen and oxygen atoms in total. The molecule has 0 saturated carbocycles. The van der Waals surface area contributed by atoms with E-state index in [1.54, 1.807) is 0 Å². The van der Waals surface area contributed by atoms with Gasteiger partial charge in [-0.1, -0.05) is 41.0 Å². The smallest absolute Gasteiger partial charge is 0.303 e. The SMILES string of the molecule is CCCC(=O)O.CCCCC(=O)O.CCN(CC)CC.ClCCl. The van der Waals surface area contributed by atoms with E-state index < -0.39 is 11.9 Å². The van der Waals surface area contributed by atoms with Gasteiger partial charge < -0.3 is 15.1 Å². The topological polar surface area (TPSA) is 77.8 Å². The number of carboxylic acids is 2. The van der Waals surface area contributed by atoms with E-state index in [0.717, 1.165) is 19.3 Å². The molecule has 0 aliphatic heterocycles. The molecule has 0 radical (unpaired) electrons. The van der Waals surface area contributed by atoms with Crippen LogP contribution < -0.4 is 0 Å². The highest BCUT2D eigenvalue weighted by Crippen LogP contribution is 1.91. The molecular formula is C16H35Cl2NO4. The van der Waals surface area contributed by atoms with Crippen molar-refractivity contribution < 1.29 is 19.8 Å². The third kappa shape index (κ3) is 52.3. The Balaban J connectivity index is -0.000000109. The lowest BCUT2D eigenvalue weighted by Gasteiger charge is -2.13. The Kier molecular flexibility index (Phi) is 38.9. The van der Waals surface area contributed by atoms with Crippen LogP contribution in [0.5, 0.6) is 0 Å². The monoisotopic (exact) mass is 375 g/mol. The van der Waals surface area contributed by atoms with Gasteiger partial charge in [-0.2, -0.15) is 0 Å². The van der Waals surface area contributed by atoms with Gasteiger partial charge in [0.1, 0.15) is 0 Å². The Bertz CT molecular complexity index is 233. The highest BCUT2D eigenvalue weighted by Gasteiger charge is 1.91. The van der Waals surface area contributed by atoms with Gasteiger partial charge in [-0.05, 0) is 32.5 Å². The zero-order chi connectivity index (χ0) is 19.1. The van der Waals surface area contributed by atoms with Crippen LogP contribution in [0.25, 0.3) is 0 Å². The number of hydrogen-bond donors (Lipinski definition) is 2. The molecule has 0 aromatic heterocycles. The first-order valence-corrected chi connectivity index (χ1v) is 9.15. The maximum atomic E-state index is 9.76. The number of unbranched alkanes of at least 4 members (excludes halogenated alkanes) is 1. The van der Waals surface area contributed by atoms with Crippen molar-refractivity contribution in [2.24, 2.45) is 0 Å². The molecule has 0 fully saturated rings. The largest absolute Gasteiger partial charge is 0.481 e. The summed E-state index contributed by atoms with van der Waals surface area (Å²) in [6.07, 6.45) is 3.10. The average molecular weight is 376 g/mol. The van der Waals surface area contributed by atoms with E-state index in [4.69, 9.17) is 33.4 Å². The molecule has 0 rings (SSSR count). The van der Waals surface area contributed by atoms with E-state index in [-0.39, 0.29) is 5.34 Å². The molecule has 2 N–H and O–H groups in total. The molecule has 0 aromatic rings. The molecule has 0 spiro atoms. The molecule has 0 aliphatic carbocycles. The van der Waals surface area contributed by atoms with Crippen LogP contribution in [0.1, 0.15) is 66.7 Å². The third-order valence-corrected chi connectivity index (χ3v) is 2.55. The molecule has 0 amide bonds. The number of halogens is 2. The number of hydrogen-bond acceptors (Lipinski definition) is 3. The third-order valence-electron chi connectivity index (χ3n) is 2.55. The first-order chi connectivity index (χ1) is 10.8. The minimum absolute atomic E-state index is 0.194. The maximum absolute atomic E-state index is 9.76. The van der Waals surface area contributed by atoms with E-state index in [2.05, 4.69) is 25.7 Å². The maximum Gasteiger partial charge on any atom is 0.303 e. The van der Waals surface area contributed by atoms with E-state index in [1.807, 2.05) is 13.8 Å². The Hall–Kier alpha value is -0.520. The van der Waals surface area contributed by atoms with Gasteiger partial charge in [0.05, 0.1) is 5.34 Å². The van der Waals surface area contributed by atoms with Crippen LogP contribution in [-0.4, -0.2) is 52.0 Å². The van der Waals surface area contributed by atoms with Crippen molar-refractivity contribution in [2.75, 3.05) is 25.0 Å². The Morgan fingerprint density at radius 1 is 0.783 bits per heavy atom. The van der Waals surface area contributed by atoms with E-state index in [0.29, 0.717) is 12.8 Å². The highest BCUT2D eigenvalue weighted by molar-refractivity contribution is 6.40. The Labute approximate surface area is 152 Å². The van der Waals surface area contributed by atoms with Crippen molar-refractivity contribution in [1.82, 2.24) is 4.90 Å². The number of aliphatic carboxylic acids is 2. The fourth-order valence-electron chi connectivity index (χ4n) is 1.21. The molecule has 23 heavy (non-hydrogen) atoms. The zero-order valence-electron chi connectivity index (χ0n) is 15.3. The molecule has 142 valence electrons. The highest BCUT2D eigenvalue weighted by atomic mass is 35.5. The van der Waals surface area contributed by atoms with Crippen LogP contribution in [0.2, 0.25) is 0 Å². The second-order valence-electron chi connectivity index (χ2n) is 4.36. The normalized spacial score (nSPS) is 8.70. The summed E-state index contributed by atoms with van der Waals surface area (Å²) in [4.78, 5) is 21.7. The first-order valence-electron chi connectivity index (χ1n) is 8.08. The molecule has 0 atom stereocenters. The lowest BCUT2D eigenvalue weighted by atomic mass is 10.3. The Morgan fingerprint density at radius 3 is 1.17 bits per heavy atom. The van der Waals surface area contributed by atoms with Crippen LogP contribution >= 0.6 is 23.2 Å². The minimum atomic E-state index is -0.711. The van der Waals surface area contributed by atoms with Gasteiger partial charge >= 0.3 is 11.9 Å². The van der Waals surface area contributed by atoms with Gasteiger partial charge in [-0.15, -0.1) is 23.2 Å². The van der Waals surface area contributed by atoms with Crippen LogP contribution in [0.15, 0.2) is 0 Å². The quantitative estimate of drug-likeness (QED) is 0.589. The summed E-state index contributed by atoms with van der Waals surface area (Å²) in [6.45, 7) is 13.9. The van der Waals surface area contributed by atoms with Crippen molar-refractivity contribution in [3.8, 4) is 0 Å². The lowest BCUT2D eigenvalue weighted by molar-refractivity contribution is -0.138. The Morgan fingerprint density at radius 2 is 1.13 bits per heavy atom. The zero-order valence-corrected chi connectivity index (χ0v) is 16.8. The number of carboxylic acid groups (broad SMARTS) is 2. The van der Waals surface area contributed by atoms with Crippen molar-refractivity contribution in [2.45, 2.75) is 66.7 Å². The van der Waals surface area contributed by atoms with Crippen molar-refractivity contribution in [1.29, 1.82) is 0 Å². The van der Waals surface area contributed by atoms with E-state index >= 15 is 0 Å². The summed E-state index contributed by atoms with van der Waals surface area (Å²) >= 11 is 9.53. The summed E-state index contributed by atoms with van der Waals surface area (Å²) in [6, 6.07) is 0. The molecular weight excluding hydrogens is 341 g/mol. The summed E-state index contributed by atoms with van der Waals surface area (Å²) < 4.78 is 0. The number of nitrogens with zero attached hydrogens (tertiary/aromatic N) is 1. The molecule has 0 heterocycles. The summed E-state index contributed by atoms with van der Waals surface area (Å²) in [5.74, 6) is -1.40. The average Bonchev–Trinajstić information content (AvgIpc) is 2.49. The van der Waals surface area contributed by atoms with Gasteiger partial charge in [-0.3, -0.25) is 9.59 Å². The van der Waals surface area contributed by atoms with Crippen LogP contribution in [-0.2, 0) is 9.59 Å². The number of alkyl halides is 2. The predicted molar refractivity (Wildman–Crippen MR) is 99.7 cm³/mol. The van der Waals surface area contributed by atoms with Gasteiger partial charge in [-0.25, -0.2) is 0 Å². The minimum Gasteiger partial charge on any atom is -0.481 e. The van der Waals surface area contributed by atoms with Crippen molar-refractivity contribution in [3.63, 3.8) is 0 Å². The van der Waals surface area contributed by atoms with Gasteiger partial charge in [0.2, 0.25) is 0 Å². The fraction of sp³-hybridized carbons (Fsp3) is 0.875. The molecule has 0 bridgehead atoms. The molecule has 0 saturated heterocycles. The fourth-order valence-corrected chi connectivity index (χ4v) is 1.21. The van der Waals surface area contributed by atoms with Gasteiger partial charge in [0, 0.05) is 12.8 Å². The number of rotatable bonds is 8. The first kappa shape index (κ1) is 30.4. The van der Waals surface area contributed by atoms with E-state index in [1.165, 1.54) is 19.6 Å². The van der Waals surface area contributed by atoms with Crippen molar-refractivity contribution >= 4 is 35.1 Å².